The van der Waals surface area contributed by atoms with E-state index < -0.39 is 0 Å². The molecule has 2 heteroatoms. The Morgan fingerprint density at radius 1 is 1.00 bits per heavy atom. The fourth-order valence-electron chi connectivity index (χ4n) is 2.54. The molecule has 0 saturated carbocycles. The number of nitrogens with zero attached hydrogens (tertiary/aromatic N) is 1. The third kappa shape index (κ3) is 2.64. The smallest absolute Gasteiger partial charge is 0.134 e. The molecule has 0 spiro atoms. The molecule has 0 aliphatic rings. The molecule has 0 unspecified atom stereocenters. The molecule has 0 aliphatic heterocycles. The van der Waals surface area contributed by atoms with Crippen LogP contribution in [0.2, 0.25) is 0 Å². The van der Waals surface area contributed by atoms with E-state index in [1.165, 1.54) is 16.5 Å². The van der Waals surface area contributed by atoms with Crippen molar-refractivity contribution >= 4 is 16.7 Å². The van der Waals surface area contributed by atoms with Crippen LogP contribution >= 0.6 is 0 Å². The van der Waals surface area contributed by atoms with Gasteiger partial charge in [-0.15, -0.1) is 0 Å². The molecule has 0 atom stereocenters. The van der Waals surface area contributed by atoms with Gasteiger partial charge < -0.3 is 4.57 Å². The summed E-state index contributed by atoms with van der Waals surface area (Å²) in [4.78, 5) is 11.3. The maximum atomic E-state index is 11.3. The molecule has 0 aliphatic carbocycles. The van der Waals surface area contributed by atoms with Crippen molar-refractivity contribution in [3.8, 4) is 0 Å². The van der Waals surface area contributed by atoms with Crippen molar-refractivity contribution in [2.24, 2.45) is 0 Å². The van der Waals surface area contributed by atoms with Crippen molar-refractivity contribution < 1.29 is 4.79 Å². The summed E-state index contributed by atoms with van der Waals surface area (Å²) in [6.45, 7) is 2.49. The minimum atomic E-state index is 0.200. The van der Waals surface area contributed by atoms with Crippen LogP contribution in [0.4, 0.5) is 0 Å². The third-order valence-corrected chi connectivity index (χ3v) is 3.49. The number of benzene rings is 2. The van der Waals surface area contributed by atoms with Gasteiger partial charge in [0.25, 0.3) is 0 Å². The molecule has 3 aromatic rings. The molecule has 1 aromatic heterocycles. The number of hydrogen-bond donors (Lipinski definition) is 0. The highest BCUT2D eigenvalue weighted by molar-refractivity contribution is 5.84. The van der Waals surface area contributed by atoms with Gasteiger partial charge in [0.05, 0.1) is 0 Å². The van der Waals surface area contributed by atoms with Crippen LogP contribution in [0, 0.1) is 0 Å². The average Bonchev–Trinajstić information content (AvgIpc) is 2.82. The molecular formula is C18H17NO. The molecule has 100 valence electrons. The summed E-state index contributed by atoms with van der Waals surface area (Å²) in [6.07, 6.45) is 2.61. The molecular weight excluding hydrogens is 246 g/mol. The predicted octanol–water partition coefficient (Wildman–Crippen LogP) is 3.82. The Labute approximate surface area is 118 Å². The second-order valence-electron chi connectivity index (χ2n) is 5.20. The molecule has 0 N–H and O–H groups in total. The van der Waals surface area contributed by atoms with Gasteiger partial charge in [-0.2, -0.15) is 0 Å². The second-order valence-corrected chi connectivity index (χ2v) is 5.20. The largest absolute Gasteiger partial charge is 0.343 e. The van der Waals surface area contributed by atoms with E-state index in [1.807, 2.05) is 12.1 Å². The van der Waals surface area contributed by atoms with Gasteiger partial charge in [-0.05, 0) is 35.6 Å². The summed E-state index contributed by atoms with van der Waals surface area (Å²) >= 11 is 0. The molecule has 0 amide bonds. The number of Topliss-reactive ketones (excluding diaryl/α,β-unsaturated/α-hetero) is 1. The first-order chi connectivity index (χ1) is 9.72. The zero-order valence-electron chi connectivity index (χ0n) is 11.5. The minimum Gasteiger partial charge on any atom is -0.343 e. The SMILES string of the molecule is CC(=O)Cc1ccc2ccn(Cc3ccccc3)c2c1. The Morgan fingerprint density at radius 3 is 2.55 bits per heavy atom. The Hall–Kier alpha value is -2.35. The maximum Gasteiger partial charge on any atom is 0.134 e. The Balaban J connectivity index is 1.96. The Bertz CT molecular complexity index is 740. The fourth-order valence-corrected chi connectivity index (χ4v) is 2.54. The van der Waals surface area contributed by atoms with Crippen LogP contribution in [0.25, 0.3) is 10.9 Å². The standard InChI is InChI=1S/C18H17NO/c1-14(20)11-16-7-8-17-9-10-19(18(17)12-16)13-15-5-3-2-4-6-15/h2-10,12H,11,13H2,1H3. The first-order valence-electron chi connectivity index (χ1n) is 6.83. The number of fused-ring (bicyclic) bond motifs is 1. The monoisotopic (exact) mass is 263 g/mol. The molecule has 0 fully saturated rings. The maximum absolute atomic E-state index is 11.3. The summed E-state index contributed by atoms with van der Waals surface area (Å²) in [7, 11) is 0. The number of hydrogen-bond acceptors (Lipinski definition) is 1. The van der Waals surface area contributed by atoms with Gasteiger partial charge in [0.15, 0.2) is 0 Å². The van der Waals surface area contributed by atoms with Crippen molar-refractivity contribution in [3.05, 3.63) is 71.9 Å². The second kappa shape index (κ2) is 5.33. The van der Waals surface area contributed by atoms with Crippen LogP contribution in [-0.2, 0) is 17.8 Å². The van der Waals surface area contributed by atoms with Crippen LogP contribution in [0.3, 0.4) is 0 Å². The summed E-state index contributed by atoms with van der Waals surface area (Å²) in [5.41, 5.74) is 3.55. The van der Waals surface area contributed by atoms with Gasteiger partial charge in [-0.3, -0.25) is 4.79 Å². The Morgan fingerprint density at radius 2 is 1.80 bits per heavy atom. The van der Waals surface area contributed by atoms with Crippen LogP contribution < -0.4 is 0 Å². The van der Waals surface area contributed by atoms with Gasteiger partial charge >= 0.3 is 0 Å². The van der Waals surface area contributed by atoms with Crippen molar-refractivity contribution in [2.75, 3.05) is 0 Å². The molecule has 0 bridgehead atoms. The van der Waals surface area contributed by atoms with Gasteiger partial charge in [-0.25, -0.2) is 0 Å². The predicted molar refractivity (Wildman–Crippen MR) is 81.9 cm³/mol. The van der Waals surface area contributed by atoms with E-state index >= 15 is 0 Å². The third-order valence-electron chi connectivity index (χ3n) is 3.49. The van der Waals surface area contributed by atoms with Crippen molar-refractivity contribution in [3.63, 3.8) is 0 Å². The summed E-state index contributed by atoms with van der Waals surface area (Å²) in [5, 5.41) is 1.22. The van der Waals surface area contributed by atoms with Gasteiger partial charge in [-0.1, -0.05) is 42.5 Å². The van der Waals surface area contributed by atoms with E-state index in [0.29, 0.717) is 6.42 Å². The molecule has 1 heterocycles. The van der Waals surface area contributed by atoms with Crippen molar-refractivity contribution in [1.29, 1.82) is 0 Å². The van der Waals surface area contributed by atoms with Gasteiger partial charge in [0.2, 0.25) is 0 Å². The van der Waals surface area contributed by atoms with Gasteiger partial charge in [0, 0.05) is 24.7 Å². The number of rotatable bonds is 4. The zero-order chi connectivity index (χ0) is 13.9. The summed E-state index contributed by atoms with van der Waals surface area (Å²) in [5.74, 6) is 0.200. The first kappa shape index (κ1) is 12.7. The van der Waals surface area contributed by atoms with E-state index in [9.17, 15) is 4.79 Å². The lowest BCUT2D eigenvalue weighted by atomic mass is 10.1. The molecule has 3 rings (SSSR count). The number of carbonyl (C=O) groups is 1. The molecule has 0 saturated heterocycles. The average molecular weight is 263 g/mol. The summed E-state index contributed by atoms with van der Waals surface area (Å²) < 4.78 is 2.23. The number of aromatic nitrogens is 1. The molecule has 2 nitrogen and oxygen atoms in total. The number of ketones is 1. The molecule has 0 radical (unpaired) electrons. The summed E-state index contributed by atoms with van der Waals surface area (Å²) in [6, 6.07) is 18.8. The molecule has 20 heavy (non-hydrogen) atoms. The topological polar surface area (TPSA) is 22.0 Å². The lowest BCUT2D eigenvalue weighted by Gasteiger charge is -2.07. The van der Waals surface area contributed by atoms with Crippen LogP contribution in [-0.4, -0.2) is 10.4 Å². The van der Waals surface area contributed by atoms with Crippen LogP contribution in [0.5, 0.6) is 0 Å². The lowest BCUT2D eigenvalue weighted by molar-refractivity contribution is -0.116. The number of carbonyl (C=O) groups excluding carboxylic acids is 1. The Kier molecular flexibility index (Phi) is 3.38. The highest BCUT2D eigenvalue weighted by Gasteiger charge is 2.04. The van der Waals surface area contributed by atoms with Crippen molar-refractivity contribution in [2.45, 2.75) is 19.9 Å². The van der Waals surface area contributed by atoms with E-state index in [0.717, 1.165) is 12.1 Å². The van der Waals surface area contributed by atoms with E-state index in [1.54, 1.807) is 6.92 Å². The van der Waals surface area contributed by atoms with Crippen LogP contribution in [0.15, 0.2) is 60.8 Å². The normalized spacial score (nSPS) is 10.8. The van der Waals surface area contributed by atoms with E-state index in [4.69, 9.17) is 0 Å². The quantitative estimate of drug-likeness (QED) is 0.701. The lowest BCUT2D eigenvalue weighted by Crippen LogP contribution is -1.99. The van der Waals surface area contributed by atoms with E-state index in [2.05, 4.69) is 53.2 Å². The molecule has 2 aromatic carbocycles. The minimum absolute atomic E-state index is 0.200. The fraction of sp³-hybridized carbons (Fsp3) is 0.167. The first-order valence-corrected chi connectivity index (χ1v) is 6.83. The van der Waals surface area contributed by atoms with Crippen LogP contribution in [0.1, 0.15) is 18.1 Å². The van der Waals surface area contributed by atoms with Gasteiger partial charge in [0.1, 0.15) is 5.78 Å². The zero-order valence-corrected chi connectivity index (χ0v) is 11.5. The highest BCUT2D eigenvalue weighted by atomic mass is 16.1. The van der Waals surface area contributed by atoms with Crippen molar-refractivity contribution in [1.82, 2.24) is 4.57 Å². The van der Waals surface area contributed by atoms with E-state index in [-0.39, 0.29) is 5.78 Å². The highest BCUT2D eigenvalue weighted by Crippen LogP contribution is 2.19.